The first kappa shape index (κ1) is 20.0. The molecule has 7 nitrogen and oxygen atoms in total. The van der Waals surface area contributed by atoms with Crippen LogP contribution >= 0.6 is 0 Å². The molecule has 30 heavy (non-hydrogen) atoms. The highest BCUT2D eigenvalue weighted by atomic mass is 32.2. The van der Waals surface area contributed by atoms with Gasteiger partial charge >= 0.3 is 0 Å². The molecule has 5 rings (SSSR count). The maximum Gasteiger partial charge on any atom is 0.243 e. The number of nitrogens with zero attached hydrogens (tertiary/aromatic N) is 4. The van der Waals surface area contributed by atoms with Gasteiger partial charge in [-0.25, -0.2) is 8.42 Å². The van der Waals surface area contributed by atoms with Crippen LogP contribution in [-0.4, -0.2) is 47.7 Å². The fourth-order valence-corrected chi connectivity index (χ4v) is 6.89. The van der Waals surface area contributed by atoms with Gasteiger partial charge in [0.2, 0.25) is 10.0 Å². The van der Waals surface area contributed by atoms with Crippen molar-refractivity contribution in [1.29, 1.82) is 0 Å². The molecule has 0 amide bonds. The summed E-state index contributed by atoms with van der Waals surface area (Å²) in [6, 6.07) is 5.10. The van der Waals surface area contributed by atoms with Gasteiger partial charge in [-0.15, -0.1) is 10.2 Å². The summed E-state index contributed by atoms with van der Waals surface area (Å²) in [6.45, 7) is 4.05. The predicted molar refractivity (Wildman–Crippen MR) is 113 cm³/mol. The van der Waals surface area contributed by atoms with E-state index in [1.54, 1.807) is 29.6 Å². The molecule has 1 saturated heterocycles. The van der Waals surface area contributed by atoms with Crippen LogP contribution in [0.5, 0.6) is 5.75 Å². The number of methoxy groups -OCH3 is 1. The summed E-state index contributed by atoms with van der Waals surface area (Å²) in [5.41, 5.74) is 1.04. The molecule has 2 fully saturated rings. The molecule has 1 atom stereocenters. The molecule has 1 unspecified atom stereocenters. The van der Waals surface area contributed by atoms with E-state index in [4.69, 9.17) is 4.74 Å². The third-order valence-electron chi connectivity index (χ3n) is 7.36. The molecule has 8 heteroatoms. The van der Waals surface area contributed by atoms with Gasteiger partial charge in [0.05, 0.1) is 12.0 Å². The van der Waals surface area contributed by atoms with Crippen molar-refractivity contribution in [2.75, 3.05) is 20.2 Å². The van der Waals surface area contributed by atoms with Crippen LogP contribution in [0.4, 0.5) is 0 Å². The van der Waals surface area contributed by atoms with Crippen molar-refractivity contribution in [2.45, 2.75) is 69.2 Å². The summed E-state index contributed by atoms with van der Waals surface area (Å²) >= 11 is 0. The third-order valence-corrected chi connectivity index (χ3v) is 9.26. The van der Waals surface area contributed by atoms with Gasteiger partial charge in [0.1, 0.15) is 17.4 Å². The third kappa shape index (κ3) is 3.24. The molecule has 3 aliphatic rings. The zero-order valence-electron chi connectivity index (χ0n) is 17.8. The molecule has 1 spiro atoms. The molecule has 0 radical (unpaired) electrons. The number of hydrogen-bond acceptors (Lipinski definition) is 5. The van der Waals surface area contributed by atoms with E-state index in [-0.39, 0.29) is 5.41 Å². The smallest absolute Gasteiger partial charge is 0.243 e. The van der Waals surface area contributed by atoms with Crippen molar-refractivity contribution in [3.8, 4) is 5.75 Å². The van der Waals surface area contributed by atoms with E-state index in [0.29, 0.717) is 29.7 Å². The Morgan fingerprint density at radius 1 is 1.10 bits per heavy atom. The summed E-state index contributed by atoms with van der Waals surface area (Å²) in [7, 11) is -1.88. The number of aryl methyl sites for hydroxylation is 2. The van der Waals surface area contributed by atoms with Crippen molar-refractivity contribution < 1.29 is 13.2 Å². The van der Waals surface area contributed by atoms with Gasteiger partial charge in [-0.1, -0.05) is 6.42 Å². The average molecular weight is 431 g/mol. The highest BCUT2D eigenvalue weighted by molar-refractivity contribution is 7.89. The van der Waals surface area contributed by atoms with Gasteiger partial charge < -0.3 is 9.30 Å². The SMILES string of the molecule is COc1ccc(S(=O)(=O)N2CCC3(CC2)CC3c2nnc3n2CCCCC3)cc1C. The first-order valence-electron chi connectivity index (χ1n) is 11.0. The normalized spacial score (nSPS) is 23.7. The molecule has 0 N–H and O–H groups in total. The Bertz CT molecular complexity index is 1050. The second kappa shape index (κ2) is 7.34. The van der Waals surface area contributed by atoms with Crippen molar-refractivity contribution in [3.05, 3.63) is 35.4 Å². The van der Waals surface area contributed by atoms with Gasteiger partial charge in [-0.05, 0) is 68.2 Å². The predicted octanol–water partition coefficient (Wildman–Crippen LogP) is 3.28. The van der Waals surface area contributed by atoms with Crippen LogP contribution in [0.1, 0.15) is 61.7 Å². The van der Waals surface area contributed by atoms with Gasteiger partial charge in [-0.3, -0.25) is 0 Å². The first-order chi connectivity index (χ1) is 14.4. The van der Waals surface area contributed by atoms with Gasteiger partial charge in [0.25, 0.3) is 0 Å². The Labute approximate surface area is 178 Å². The van der Waals surface area contributed by atoms with Crippen LogP contribution in [0, 0.1) is 12.3 Å². The second-order valence-electron chi connectivity index (χ2n) is 9.09. The topological polar surface area (TPSA) is 77.3 Å². The van der Waals surface area contributed by atoms with E-state index in [1.807, 2.05) is 6.92 Å². The highest BCUT2D eigenvalue weighted by Gasteiger charge is 2.58. The molecule has 3 heterocycles. The lowest BCUT2D eigenvalue weighted by Crippen LogP contribution is -2.39. The first-order valence-corrected chi connectivity index (χ1v) is 12.5. The molecule has 2 aromatic rings. The Kier molecular flexibility index (Phi) is 4.89. The Hall–Kier alpha value is -1.93. The van der Waals surface area contributed by atoms with Crippen LogP contribution in [0.25, 0.3) is 0 Å². The molecular formula is C22H30N4O3S. The van der Waals surface area contributed by atoms with E-state index in [9.17, 15) is 8.42 Å². The molecule has 2 aliphatic heterocycles. The maximum absolute atomic E-state index is 13.2. The van der Waals surface area contributed by atoms with Crippen LogP contribution in [0.2, 0.25) is 0 Å². The molecule has 1 saturated carbocycles. The van der Waals surface area contributed by atoms with Gasteiger partial charge in [-0.2, -0.15) is 4.31 Å². The van der Waals surface area contributed by atoms with E-state index in [2.05, 4.69) is 14.8 Å². The number of fused-ring (bicyclic) bond motifs is 1. The van der Waals surface area contributed by atoms with Gasteiger partial charge in [0, 0.05) is 32.0 Å². The van der Waals surface area contributed by atoms with Crippen molar-refractivity contribution in [1.82, 2.24) is 19.1 Å². The number of aromatic nitrogens is 3. The van der Waals surface area contributed by atoms with Gasteiger partial charge in [0.15, 0.2) is 0 Å². The van der Waals surface area contributed by atoms with Crippen molar-refractivity contribution >= 4 is 10.0 Å². The van der Waals surface area contributed by atoms with E-state index in [1.165, 1.54) is 19.3 Å². The summed E-state index contributed by atoms with van der Waals surface area (Å²) in [4.78, 5) is 0.354. The fourth-order valence-electron chi connectivity index (χ4n) is 5.36. The summed E-state index contributed by atoms with van der Waals surface area (Å²) < 4.78 is 35.6. The zero-order valence-corrected chi connectivity index (χ0v) is 18.6. The number of ether oxygens (including phenoxy) is 1. The lowest BCUT2D eigenvalue weighted by atomic mass is 9.91. The summed E-state index contributed by atoms with van der Waals surface area (Å²) in [6.07, 6.45) is 7.59. The summed E-state index contributed by atoms with van der Waals surface area (Å²) in [5.74, 6) is 3.43. The van der Waals surface area contributed by atoms with E-state index < -0.39 is 10.0 Å². The molecular weight excluding hydrogens is 400 g/mol. The number of sulfonamides is 1. The number of piperidine rings is 1. The number of benzene rings is 1. The zero-order chi connectivity index (χ0) is 20.9. The van der Waals surface area contributed by atoms with Crippen molar-refractivity contribution in [2.24, 2.45) is 5.41 Å². The highest BCUT2D eigenvalue weighted by Crippen LogP contribution is 2.64. The minimum atomic E-state index is -3.48. The van der Waals surface area contributed by atoms with Crippen LogP contribution in [-0.2, 0) is 23.0 Å². The van der Waals surface area contributed by atoms with E-state index >= 15 is 0 Å². The molecule has 1 aromatic heterocycles. The fraction of sp³-hybridized carbons (Fsp3) is 0.636. The van der Waals surface area contributed by atoms with E-state index in [0.717, 1.165) is 49.4 Å². The van der Waals surface area contributed by atoms with Crippen LogP contribution in [0.15, 0.2) is 23.1 Å². The van der Waals surface area contributed by atoms with Crippen LogP contribution in [0.3, 0.4) is 0 Å². The quantitative estimate of drug-likeness (QED) is 0.744. The Balaban J connectivity index is 1.29. The molecule has 162 valence electrons. The minimum Gasteiger partial charge on any atom is -0.496 e. The van der Waals surface area contributed by atoms with Crippen molar-refractivity contribution in [3.63, 3.8) is 0 Å². The summed E-state index contributed by atoms with van der Waals surface area (Å²) in [5, 5.41) is 9.03. The second-order valence-corrected chi connectivity index (χ2v) is 11.0. The minimum absolute atomic E-state index is 0.206. The number of hydrogen-bond donors (Lipinski definition) is 0. The standard InChI is InChI=1S/C22H30N4O3S/c1-16-14-17(7-8-19(16)29-2)30(27,28)25-12-9-22(10-13-25)15-18(22)21-24-23-20-6-4-3-5-11-26(20)21/h7-8,14,18H,3-6,9-13,15H2,1-2H3. The lowest BCUT2D eigenvalue weighted by Gasteiger charge is -2.32. The van der Waals surface area contributed by atoms with Crippen LogP contribution < -0.4 is 4.74 Å². The molecule has 0 bridgehead atoms. The largest absolute Gasteiger partial charge is 0.496 e. The maximum atomic E-state index is 13.2. The molecule has 1 aromatic carbocycles. The Morgan fingerprint density at radius 2 is 1.90 bits per heavy atom. The lowest BCUT2D eigenvalue weighted by molar-refractivity contribution is 0.249. The Morgan fingerprint density at radius 3 is 2.63 bits per heavy atom. The monoisotopic (exact) mass is 430 g/mol. The number of rotatable bonds is 4. The molecule has 1 aliphatic carbocycles. The average Bonchev–Trinajstić information content (AvgIpc) is 3.37.